The van der Waals surface area contributed by atoms with E-state index in [0.717, 1.165) is 19.3 Å². The molecule has 0 amide bonds. The second-order valence-corrected chi connectivity index (χ2v) is 7.08. The largest absolute Gasteiger partial charge is 0.457 e. The van der Waals surface area contributed by atoms with Gasteiger partial charge in [0.15, 0.2) is 11.2 Å². The Balaban J connectivity index is 1.90. The van der Waals surface area contributed by atoms with Gasteiger partial charge in [-0.05, 0) is 30.5 Å². The number of carbonyl (C=O) groups is 1. The first kappa shape index (κ1) is 21.5. The van der Waals surface area contributed by atoms with E-state index in [9.17, 15) is 18.8 Å². The fraction of sp³-hybridized carbons (Fsp3) is 0.429. The molecule has 2 aromatic heterocycles. The van der Waals surface area contributed by atoms with Crippen LogP contribution < -0.4 is 11.2 Å². The molecule has 160 valence electrons. The second-order valence-electron chi connectivity index (χ2n) is 7.08. The smallest absolute Gasteiger partial charge is 0.330 e. The van der Waals surface area contributed by atoms with E-state index in [0.29, 0.717) is 35.6 Å². The van der Waals surface area contributed by atoms with Gasteiger partial charge < -0.3 is 9.30 Å². The third-order valence-corrected chi connectivity index (χ3v) is 4.75. The molecule has 2 heterocycles. The average molecular weight is 416 g/mol. The number of hydrogen-bond acceptors (Lipinski definition) is 5. The SMILES string of the molecule is CCCCn1c(=O)[nH]c(=O)c2c1nc(COC(=O)Cc1cccc(F)c1)n2CCC. The lowest BCUT2D eigenvalue weighted by Gasteiger charge is -2.08. The van der Waals surface area contributed by atoms with Crippen LogP contribution in [-0.4, -0.2) is 25.1 Å². The third-order valence-electron chi connectivity index (χ3n) is 4.75. The third kappa shape index (κ3) is 4.67. The summed E-state index contributed by atoms with van der Waals surface area (Å²) >= 11 is 0. The van der Waals surface area contributed by atoms with E-state index in [1.165, 1.54) is 22.8 Å². The molecule has 0 bridgehead atoms. The summed E-state index contributed by atoms with van der Waals surface area (Å²) in [6, 6.07) is 5.75. The van der Waals surface area contributed by atoms with Crippen LogP contribution >= 0.6 is 0 Å². The first-order valence-corrected chi connectivity index (χ1v) is 10.1. The van der Waals surface area contributed by atoms with E-state index in [2.05, 4.69) is 9.97 Å². The molecule has 30 heavy (non-hydrogen) atoms. The first-order valence-electron chi connectivity index (χ1n) is 10.1. The molecule has 0 saturated heterocycles. The van der Waals surface area contributed by atoms with E-state index in [1.807, 2.05) is 13.8 Å². The summed E-state index contributed by atoms with van der Waals surface area (Å²) in [6.45, 7) is 4.73. The first-order chi connectivity index (χ1) is 14.4. The molecule has 0 aliphatic heterocycles. The molecule has 0 fully saturated rings. The minimum absolute atomic E-state index is 0.0758. The van der Waals surface area contributed by atoms with Crippen molar-refractivity contribution >= 4 is 17.1 Å². The van der Waals surface area contributed by atoms with E-state index in [-0.39, 0.29) is 13.0 Å². The zero-order valence-corrected chi connectivity index (χ0v) is 17.1. The Bertz CT molecular complexity index is 1160. The summed E-state index contributed by atoms with van der Waals surface area (Å²) < 4.78 is 21.8. The number of aromatic nitrogens is 4. The van der Waals surface area contributed by atoms with Gasteiger partial charge in [0.25, 0.3) is 5.56 Å². The van der Waals surface area contributed by atoms with Crippen LogP contribution in [0.5, 0.6) is 0 Å². The van der Waals surface area contributed by atoms with Crippen LogP contribution in [0.15, 0.2) is 33.9 Å². The number of carbonyl (C=O) groups excluding carboxylic acids is 1. The van der Waals surface area contributed by atoms with E-state index in [4.69, 9.17) is 4.74 Å². The number of hydrogen-bond donors (Lipinski definition) is 1. The van der Waals surface area contributed by atoms with Crippen LogP contribution in [0.25, 0.3) is 11.2 Å². The van der Waals surface area contributed by atoms with E-state index in [1.54, 1.807) is 10.6 Å². The zero-order valence-electron chi connectivity index (χ0n) is 17.1. The van der Waals surface area contributed by atoms with Gasteiger partial charge >= 0.3 is 11.7 Å². The van der Waals surface area contributed by atoms with Gasteiger partial charge in [-0.3, -0.25) is 19.1 Å². The number of nitrogens with one attached hydrogen (secondary N) is 1. The maximum Gasteiger partial charge on any atom is 0.330 e. The minimum atomic E-state index is -0.534. The lowest BCUT2D eigenvalue weighted by atomic mass is 10.1. The summed E-state index contributed by atoms with van der Waals surface area (Å²) in [5, 5.41) is 0. The Kier molecular flexibility index (Phi) is 6.81. The molecule has 0 atom stereocenters. The van der Waals surface area contributed by atoms with Gasteiger partial charge in [-0.15, -0.1) is 0 Å². The highest BCUT2D eigenvalue weighted by Gasteiger charge is 2.19. The standard InChI is InChI=1S/C21H25FN4O4/c1-3-5-10-26-19-18(20(28)24-21(26)29)25(9-4-2)16(23-19)13-30-17(27)12-14-7-6-8-15(22)11-14/h6-8,11H,3-5,9-10,12-13H2,1-2H3,(H,24,28,29). The summed E-state index contributed by atoms with van der Waals surface area (Å²) in [7, 11) is 0. The second kappa shape index (κ2) is 9.51. The molecule has 9 heteroatoms. The highest BCUT2D eigenvalue weighted by Crippen LogP contribution is 2.14. The molecule has 0 spiro atoms. The zero-order chi connectivity index (χ0) is 21.7. The van der Waals surface area contributed by atoms with Crippen molar-refractivity contribution in [1.82, 2.24) is 19.1 Å². The predicted octanol–water partition coefficient (Wildman–Crippen LogP) is 2.52. The van der Waals surface area contributed by atoms with Crippen LogP contribution in [-0.2, 0) is 35.6 Å². The normalized spacial score (nSPS) is 11.2. The minimum Gasteiger partial charge on any atom is -0.457 e. The van der Waals surface area contributed by atoms with Crippen molar-refractivity contribution in [2.24, 2.45) is 0 Å². The van der Waals surface area contributed by atoms with Crippen molar-refractivity contribution in [3.8, 4) is 0 Å². The molecule has 3 rings (SSSR count). The predicted molar refractivity (Wildman–Crippen MR) is 110 cm³/mol. The lowest BCUT2D eigenvalue weighted by molar-refractivity contribution is -0.144. The van der Waals surface area contributed by atoms with Crippen LogP contribution in [0.1, 0.15) is 44.5 Å². The number of esters is 1. The van der Waals surface area contributed by atoms with Crippen molar-refractivity contribution in [1.29, 1.82) is 0 Å². The molecule has 0 unspecified atom stereocenters. The number of imidazole rings is 1. The molecular formula is C21H25FN4O4. The van der Waals surface area contributed by atoms with Crippen LogP contribution in [0.4, 0.5) is 4.39 Å². The quantitative estimate of drug-likeness (QED) is 0.541. The Morgan fingerprint density at radius 2 is 1.97 bits per heavy atom. The fourth-order valence-electron chi connectivity index (χ4n) is 3.33. The Labute approximate surface area is 172 Å². The van der Waals surface area contributed by atoms with Crippen molar-refractivity contribution in [3.05, 3.63) is 62.3 Å². The lowest BCUT2D eigenvalue weighted by Crippen LogP contribution is -2.31. The maximum absolute atomic E-state index is 13.3. The maximum atomic E-state index is 13.3. The topological polar surface area (TPSA) is 99.0 Å². The molecule has 0 aliphatic carbocycles. The molecular weight excluding hydrogens is 391 g/mol. The van der Waals surface area contributed by atoms with E-state index < -0.39 is 23.0 Å². The summed E-state index contributed by atoms with van der Waals surface area (Å²) in [5.74, 6) is -0.567. The number of H-pyrrole nitrogens is 1. The number of nitrogens with zero attached hydrogens (tertiary/aromatic N) is 3. The Hall–Kier alpha value is -3.23. The van der Waals surface area contributed by atoms with Crippen molar-refractivity contribution in [2.75, 3.05) is 0 Å². The summed E-state index contributed by atoms with van der Waals surface area (Å²) in [5.41, 5.74) is 0.0789. The number of unbranched alkanes of at least 4 members (excludes halogenated alkanes) is 1. The Morgan fingerprint density at radius 1 is 1.17 bits per heavy atom. The van der Waals surface area contributed by atoms with E-state index >= 15 is 0 Å². The van der Waals surface area contributed by atoms with Gasteiger partial charge in [-0.2, -0.15) is 0 Å². The summed E-state index contributed by atoms with van der Waals surface area (Å²) in [6.07, 6.45) is 2.30. The number of rotatable bonds is 9. The molecule has 0 saturated carbocycles. The van der Waals surface area contributed by atoms with Crippen molar-refractivity contribution < 1.29 is 13.9 Å². The molecule has 0 radical (unpaired) electrons. The number of ether oxygens (including phenoxy) is 1. The molecule has 3 aromatic rings. The molecule has 1 N–H and O–H groups in total. The molecule has 0 aliphatic rings. The highest BCUT2D eigenvalue weighted by molar-refractivity contribution is 5.73. The van der Waals surface area contributed by atoms with Gasteiger partial charge in [0.05, 0.1) is 6.42 Å². The Morgan fingerprint density at radius 3 is 2.67 bits per heavy atom. The number of fused-ring (bicyclic) bond motifs is 1. The van der Waals surface area contributed by atoms with Gasteiger partial charge in [-0.1, -0.05) is 32.4 Å². The molecule has 1 aromatic carbocycles. The number of benzene rings is 1. The highest BCUT2D eigenvalue weighted by atomic mass is 19.1. The fourth-order valence-corrected chi connectivity index (χ4v) is 3.33. The van der Waals surface area contributed by atoms with Crippen LogP contribution in [0, 0.1) is 5.82 Å². The summed E-state index contributed by atoms with van der Waals surface area (Å²) in [4.78, 5) is 43.8. The van der Waals surface area contributed by atoms with Crippen LogP contribution in [0.2, 0.25) is 0 Å². The van der Waals surface area contributed by atoms with Crippen molar-refractivity contribution in [2.45, 2.75) is 59.2 Å². The average Bonchev–Trinajstić information content (AvgIpc) is 3.05. The van der Waals surface area contributed by atoms with Gasteiger partial charge in [0.1, 0.15) is 18.2 Å². The van der Waals surface area contributed by atoms with Gasteiger partial charge in [0, 0.05) is 13.1 Å². The molecule has 8 nitrogen and oxygen atoms in total. The van der Waals surface area contributed by atoms with Gasteiger partial charge in [-0.25, -0.2) is 14.2 Å². The van der Waals surface area contributed by atoms with Crippen molar-refractivity contribution in [3.63, 3.8) is 0 Å². The number of aromatic amines is 1. The van der Waals surface area contributed by atoms with Gasteiger partial charge in [0.2, 0.25) is 0 Å². The monoisotopic (exact) mass is 416 g/mol. The van der Waals surface area contributed by atoms with Crippen LogP contribution in [0.3, 0.4) is 0 Å². The number of aryl methyl sites for hydroxylation is 2. The number of halogens is 1.